The Hall–Kier alpha value is -3.00. The normalized spacial score (nSPS) is 15.2. The summed E-state index contributed by atoms with van der Waals surface area (Å²) in [5.74, 6) is 7.50. The molecule has 1 N–H and O–H groups in total. The molecule has 2 heterocycles. The van der Waals surface area contributed by atoms with E-state index in [1.165, 1.54) is 7.11 Å². The van der Waals surface area contributed by atoms with Gasteiger partial charge >= 0.3 is 5.97 Å². The lowest BCUT2D eigenvalue weighted by Gasteiger charge is -2.27. The minimum Gasteiger partial charge on any atom is -0.493 e. The molecule has 0 radical (unpaired) electrons. The predicted octanol–water partition coefficient (Wildman–Crippen LogP) is 3.85. The van der Waals surface area contributed by atoms with E-state index in [1.54, 1.807) is 18.5 Å². The van der Waals surface area contributed by atoms with Crippen LogP contribution in [0.25, 0.3) is 0 Å². The topological polar surface area (TPSA) is 60.5 Å². The van der Waals surface area contributed by atoms with Gasteiger partial charge in [-0.15, -0.1) is 0 Å². The molecule has 0 spiro atoms. The lowest BCUT2D eigenvalue weighted by molar-refractivity contribution is 0.0601. The molecule has 0 saturated carbocycles. The maximum absolute atomic E-state index is 11.9. The molecule has 1 aromatic heterocycles. The van der Waals surface area contributed by atoms with Crippen LogP contribution in [0.1, 0.15) is 47.7 Å². The van der Waals surface area contributed by atoms with Crippen molar-refractivity contribution >= 4 is 11.7 Å². The molecule has 0 fully saturated rings. The van der Waals surface area contributed by atoms with Crippen LogP contribution in [0.4, 0.5) is 5.69 Å². The Bertz CT molecular complexity index is 881. The van der Waals surface area contributed by atoms with Gasteiger partial charge in [0.25, 0.3) is 0 Å². The third-order valence-electron chi connectivity index (χ3n) is 4.45. The quantitative estimate of drug-likeness (QED) is 0.659. The number of rotatable bonds is 4. The first kappa shape index (κ1) is 18.8. The molecule has 3 rings (SSSR count). The molecule has 0 amide bonds. The van der Waals surface area contributed by atoms with Crippen LogP contribution in [-0.2, 0) is 4.74 Å². The van der Waals surface area contributed by atoms with Crippen LogP contribution in [0.15, 0.2) is 36.7 Å². The third-order valence-corrected chi connectivity index (χ3v) is 4.45. The molecule has 1 aliphatic heterocycles. The van der Waals surface area contributed by atoms with E-state index in [0.717, 1.165) is 23.3 Å². The van der Waals surface area contributed by atoms with Crippen molar-refractivity contribution in [3.8, 4) is 17.6 Å². The van der Waals surface area contributed by atoms with Gasteiger partial charge in [-0.25, -0.2) is 4.79 Å². The third kappa shape index (κ3) is 4.59. The number of pyridine rings is 1. The van der Waals surface area contributed by atoms with Gasteiger partial charge in [0.05, 0.1) is 31.2 Å². The number of hydrogen-bond acceptors (Lipinski definition) is 5. The van der Waals surface area contributed by atoms with E-state index in [9.17, 15) is 4.79 Å². The van der Waals surface area contributed by atoms with E-state index in [4.69, 9.17) is 9.47 Å². The lowest BCUT2D eigenvalue weighted by Crippen LogP contribution is -2.21. The zero-order valence-electron chi connectivity index (χ0n) is 15.9. The summed E-state index contributed by atoms with van der Waals surface area (Å²) in [6, 6.07) is 7.81. The summed E-state index contributed by atoms with van der Waals surface area (Å²) in [5, 5.41) is 3.35. The molecule has 1 aromatic carbocycles. The molecule has 0 aliphatic carbocycles. The van der Waals surface area contributed by atoms with Gasteiger partial charge in [0.15, 0.2) is 0 Å². The van der Waals surface area contributed by atoms with Crippen molar-refractivity contribution in [1.29, 1.82) is 0 Å². The first-order valence-corrected chi connectivity index (χ1v) is 9.13. The van der Waals surface area contributed by atoms with E-state index < -0.39 is 0 Å². The van der Waals surface area contributed by atoms with E-state index in [0.29, 0.717) is 30.3 Å². The molecule has 5 nitrogen and oxygen atoms in total. The van der Waals surface area contributed by atoms with Gasteiger partial charge in [-0.1, -0.05) is 31.8 Å². The average molecular weight is 364 g/mol. The summed E-state index contributed by atoms with van der Waals surface area (Å²) in [6.45, 7) is 5.50. The van der Waals surface area contributed by atoms with E-state index in [1.807, 2.05) is 12.1 Å². The standard InChI is InChI=1S/C22H24N2O3/c1-15(2)4-5-16-6-7-18-17(9-11-27-21(18)12-16)13-24-20-14-23-10-8-19(20)22(25)26-3/h6-8,10,12,14-15,17,24H,9,11,13H2,1-3H3. The molecular weight excluding hydrogens is 340 g/mol. The summed E-state index contributed by atoms with van der Waals surface area (Å²) in [5.41, 5.74) is 3.29. The van der Waals surface area contributed by atoms with Crippen LogP contribution in [0, 0.1) is 17.8 Å². The monoisotopic (exact) mass is 364 g/mol. The van der Waals surface area contributed by atoms with Crippen LogP contribution in [0.3, 0.4) is 0 Å². The maximum Gasteiger partial charge on any atom is 0.340 e. The number of fused-ring (bicyclic) bond motifs is 1. The lowest BCUT2D eigenvalue weighted by atomic mass is 9.92. The number of aromatic nitrogens is 1. The molecule has 1 atom stereocenters. The number of methoxy groups -OCH3 is 1. The molecule has 5 heteroatoms. The Morgan fingerprint density at radius 1 is 1.41 bits per heavy atom. The summed E-state index contributed by atoms with van der Waals surface area (Å²) < 4.78 is 10.7. The Kier molecular flexibility index (Phi) is 5.97. The van der Waals surface area contributed by atoms with Crippen LogP contribution >= 0.6 is 0 Å². The van der Waals surface area contributed by atoms with Gasteiger partial charge in [0.1, 0.15) is 5.75 Å². The summed E-state index contributed by atoms with van der Waals surface area (Å²) >= 11 is 0. The highest BCUT2D eigenvalue weighted by atomic mass is 16.5. The Balaban J connectivity index is 1.76. The fraction of sp³-hybridized carbons (Fsp3) is 0.364. The Morgan fingerprint density at radius 3 is 3.04 bits per heavy atom. The summed E-state index contributed by atoms with van der Waals surface area (Å²) in [6.07, 6.45) is 4.14. The van der Waals surface area contributed by atoms with E-state index >= 15 is 0 Å². The average Bonchev–Trinajstić information content (AvgIpc) is 2.70. The molecule has 27 heavy (non-hydrogen) atoms. The second-order valence-electron chi connectivity index (χ2n) is 6.80. The zero-order chi connectivity index (χ0) is 19.2. The highest BCUT2D eigenvalue weighted by Crippen LogP contribution is 2.34. The Labute approximate surface area is 160 Å². The van der Waals surface area contributed by atoms with Crippen LogP contribution in [0.2, 0.25) is 0 Å². The van der Waals surface area contributed by atoms with Crippen molar-refractivity contribution in [3.05, 3.63) is 53.3 Å². The summed E-state index contributed by atoms with van der Waals surface area (Å²) in [4.78, 5) is 16.0. The van der Waals surface area contributed by atoms with E-state index in [2.05, 4.69) is 42.1 Å². The minimum atomic E-state index is -0.374. The number of nitrogens with zero attached hydrogens (tertiary/aromatic N) is 1. The number of carbonyl (C=O) groups excluding carboxylic acids is 1. The van der Waals surface area contributed by atoms with Crippen molar-refractivity contribution in [3.63, 3.8) is 0 Å². The molecular formula is C22H24N2O3. The van der Waals surface area contributed by atoms with Gasteiger partial charge in [0, 0.05) is 30.1 Å². The van der Waals surface area contributed by atoms with Crippen LogP contribution in [0.5, 0.6) is 5.75 Å². The number of nitrogens with one attached hydrogen (secondary N) is 1. The fourth-order valence-electron chi connectivity index (χ4n) is 3.04. The van der Waals surface area contributed by atoms with Crippen molar-refractivity contribution in [2.24, 2.45) is 5.92 Å². The number of benzene rings is 1. The van der Waals surface area contributed by atoms with Gasteiger partial charge in [-0.05, 0) is 30.2 Å². The second-order valence-corrected chi connectivity index (χ2v) is 6.80. The number of carbonyl (C=O) groups is 1. The number of hydrogen-bond donors (Lipinski definition) is 1. The minimum absolute atomic E-state index is 0.284. The number of ether oxygens (including phenoxy) is 2. The molecule has 1 unspecified atom stereocenters. The molecule has 0 bridgehead atoms. The molecule has 2 aromatic rings. The van der Waals surface area contributed by atoms with Crippen LogP contribution in [-0.4, -0.2) is 31.2 Å². The zero-order valence-corrected chi connectivity index (χ0v) is 15.9. The highest BCUT2D eigenvalue weighted by Gasteiger charge is 2.22. The second kappa shape index (κ2) is 8.59. The van der Waals surface area contributed by atoms with Crippen molar-refractivity contribution < 1.29 is 14.3 Å². The molecule has 140 valence electrons. The maximum atomic E-state index is 11.9. The van der Waals surface area contributed by atoms with Crippen molar-refractivity contribution in [2.45, 2.75) is 26.2 Å². The largest absolute Gasteiger partial charge is 0.493 e. The SMILES string of the molecule is COC(=O)c1ccncc1NCC1CCOc2cc(C#CC(C)C)ccc21. The predicted molar refractivity (Wildman–Crippen MR) is 105 cm³/mol. The van der Waals surface area contributed by atoms with Gasteiger partial charge < -0.3 is 14.8 Å². The Morgan fingerprint density at radius 2 is 2.26 bits per heavy atom. The van der Waals surface area contributed by atoms with Crippen molar-refractivity contribution in [2.75, 3.05) is 25.6 Å². The van der Waals surface area contributed by atoms with Gasteiger partial charge in [0.2, 0.25) is 0 Å². The fourth-order valence-corrected chi connectivity index (χ4v) is 3.04. The van der Waals surface area contributed by atoms with Crippen LogP contribution < -0.4 is 10.1 Å². The smallest absolute Gasteiger partial charge is 0.340 e. The molecule has 1 aliphatic rings. The van der Waals surface area contributed by atoms with Crippen molar-refractivity contribution in [1.82, 2.24) is 4.98 Å². The summed E-state index contributed by atoms with van der Waals surface area (Å²) in [7, 11) is 1.38. The van der Waals surface area contributed by atoms with Gasteiger partial charge in [-0.2, -0.15) is 0 Å². The first-order chi connectivity index (χ1) is 13.1. The van der Waals surface area contributed by atoms with E-state index in [-0.39, 0.29) is 11.9 Å². The van der Waals surface area contributed by atoms with Gasteiger partial charge in [-0.3, -0.25) is 4.98 Å². The first-order valence-electron chi connectivity index (χ1n) is 9.13. The molecule has 0 saturated heterocycles. The highest BCUT2D eigenvalue weighted by molar-refractivity contribution is 5.95. The number of esters is 1. The number of anilines is 1.